The van der Waals surface area contributed by atoms with Crippen LogP contribution in [0, 0.1) is 0 Å². The van der Waals surface area contributed by atoms with Gasteiger partial charge in [0.05, 0.1) is 5.56 Å². The van der Waals surface area contributed by atoms with Gasteiger partial charge in [0.2, 0.25) is 0 Å². The summed E-state index contributed by atoms with van der Waals surface area (Å²) in [4.78, 5) is 11.5. The van der Waals surface area contributed by atoms with Gasteiger partial charge in [-0.05, 0) is 6.42 Å². The zero-order valence-corrected chi connectivity index (χ0v) is 9.66. The third-order valence-corrected chi connectivity index (χ3v) is 2.45. The minimum absolute atomic E-state index is 0.0163. The molecule has 0 spiro atoms. The Labute approximate surface area is 95.4 Å². The molecule has 3 heteroatoms. The Hall–Kier alpha value is -1.51. The molecule has 1 heterocycles. The van der Waals surface area contributed by atoms with E-state index in [0.29, 0.717) is 18.6 Å². The van der Waals surface area contributed by atoms with Gasteiger partial charge in [-0.2, -0.15) is 0 Å². The lowest BCUT2D eigenvalue weighted by molar-refractivity contribution is 0.410. The third kappa shape index (κ3) is 3.26. The lowest BCUT2D eigenvalue weighted by atomic mass is 10.1. The summed E-state index contributed by atoms with van der Waals surface area (Å²) in [6.07, 6.45) is 5.79. The van der Waals surface area contributed by atoms with Crippen molar-refractivity contribution >= 4 is 0 Å². The van der Waals surface area contributed by atoms with Crippen LogP contribution in [0.2, 0.25) is 0 Å². The highest BCUT2D eigenvalue weighted by atomic mass is 16.4. The van der Waals surface area contributed by atoms with Gasteiger partial charge in [-0.1, -0.05) is 25.8 Å². The average molecular weight is 222 g/mol. The van der Waals surface area contributed by atoms with E-state index in [4.69, 9.17) is 4.42 Å². The molecule has 0 radical (unpaired) electrons. The largest absolute Gasteiger partial charge is 0.507 e. The van der Waals surface area contributed by atoms with Crippen LogP contribution < -0.4 is 5.63 Å². The molecule has 0 saturated heterocycles. The zero-order valence-electron chi connectivity index (χ0n) is 9.66. The van der Waals surface area contributed by atoms with Crippen LogP contribution in [-0.2, 0) is 12.8 Å². The molecule has 0 amide bonds. The van der Waals surface area contributed by atoms with Crippen LogP contribution in [0.25, 0.3) is 0 Å². The lowest BCUT2D eigenvalue weighted by Gasteiger charge is -2.03. The molecule has 1 aromatic rings. The molecule has 88 valence electrons. The Morgan fingerprint density at radius 1 is 1.50 bits per heavy atom. The lowest BCUT2D eigenvalue weighted by Crippen LogP contribution is -2.08. The van der Waals surface area contributed by atoms with Crippen molar-refractivity contribution in [1.29, 1.82) is 0 Å². The summed E-state index contributed by atoms with van der Waals surface area (Å²) < 4.78 is 5.13. The van der Waals surface area contributed by atoms with E-state index in [9.17, 15) is 9.90 Å². The minimum atomic E-state index is -0.452. The van der Waals surface area contributed by atoms with E-state index in [1.165, 1.54) is 6.07 Å². The fraction of sp³-hybridized carbons (Fsp3) is 0.462. The number of unbranched alkanes of at least 4 members (excludes halogenated alkanes) is 2. The van der Waals surface area contributed by atoms with Crippen molar-refractivity contribution in [2.75, 3.05) is 0 Å². The summed E-state index contributed by atoms with van der Waals surface area (Å²) in [6, 6.07) is 1.54. The maximum atomic E-state index is 11.5. The van der Waals surface area contributed by atoms with Crippen LogP contribution in [0.3, 0.4) is 0 Å². The number of hydrogen-bond acceptors (Lipinski definition) is 3. The van der Waals surface area contributed by atoms with Crippen molar-refractivity contribution in [2.24, 2.45) is 0 Å². The van der Waals surface area contributed by atoms with Crippen molar-refractivity contribution in [3.63, 3.8) is 0 Å². The third-order valence-electron chi connectivity index (χ3n) is 2.45. The second-order valence-electron chi connectivity index (χ2n) is 3.81. The van der Waals surface area contributed by atoms with Crippen molar-refractivity contribution in [3.8, 4) is 5.75 Å². The van der Waals surface area contributed by atoms with Gasteiger partial charge < -0.3 is 9.52 Å². The number of allylic oxidation sites excluding steroid dienone is 1. The second-order valence-corrected chi connectivity index (χ2v) is 3.81. The Balaban J connectivity index is 2.83. The summed E-state index contributed by atoms with van der Waals surface area (Å²) in [5, 5.41) is 9.65. The highest BCUT2D eigenvalue weighted by molar-refractivity contribution is 5.31. The molecule has 1 aromatic heterocycles. The van der Waals surface area contributed by atoms with E-state index in [0.717, 1.165) is 19.3 Å². The zero-order chi connectivity index (χ0) is 12.0. The van der Waals surface area contributed by atoms with Gasteiger partial charge in [0, 0.05) is 18.9 Å². The van der Waals surface area contributed by atoms with Gasteiger partial charge in [0.25, 0.3) is 0 Å². The van der Waals surface area contributed by atoms with Crippen molar-refractivity contribution in [3.05, 3.63) is 40.5 Å². The molecule has 0 aliphatic rings. The molecule has 0 saturated carbocycles. The van der Waals surface area contributed by atoms with Crippen LogP contribution >= 0.6 is 0 Å². The van der Waals surface area contributed by atoms with E-state index in [2.05, 4.69) is 13.5 Å². The first kappa shape index (κ1) is 12.6. The van der Waals surface area contributed by atoms with Gasteiger partial charge in [-0.15, -0.1) is 6.58 Å². The highest BCUT2D eigenvalue weighted by Gasteiger charge is 2.09. The van der Waals surface area contributed by atoms with Crippen molar-refractivity contribution < 1.29 is 9.52 Å². The van der Waals surface area contributed by atoms with E-state index >= 15 is 0 Å². The van der Waals surface area contributed by atoms with Gasteiger partial charge in [-0.3, -0.25) is 0 Å². The van der Waals surface area contributed by atoms with Crippen LogP contribution in [-0.4, -0.2) is 5.11 Å². The smallest absolute Gasteiger partial charge is 0.343 e. The van der Waals surface area contributed by atoms with Crippen molar-refractivity contribution in [1.82, 2.24) is 0 Å². The predicted molar refractivity (Wildman–Crippen MR) is 63.8 cm³/mol. The molecule has 1 rings (SSSR count). The highest BCUT2D eigenvalue weighted by Crippen LogP contribution is 2.17. The van der Waals surface area contributed by atoms with Crippen LogP contribution in [0.1, 0.15) is 37.5 Å². The summed E-state index contributed by atoms with van der Waals surface area (Å²) in [5.41, 5.74) is -0.166. The van der Waals surface area contributed by atoms with E-state index < -0.39 is 5.63 Å². The topological polar surface area (TPSA) is 50.4 Å². The second kappa shape index (κ2) is 6.16. The summed E-state index contributed by atoms with van der Waals surface area (Å²) in [5.74, 6) is 0.575. The number of aromatic hydroxyl groups is 1. The average Bonchev–Trinajstić information content (AvgIpc) is 2.24. The van der Waals surface area contributed by atoms with Crippen LogP contribution in [0.15, 0.2) is 27.9 Å². The van der Waals surface area contributed by atoms with Crippen molar-refractivity contribution in [2.45, 2.75) is 39.0 Å². The number of hydrogen-bond donors (Lipinski definition) is 1. The minimum Gasteiger partial charge on any atom is -0.507 e. The van der Waals surface area contributed by atoms with Gasteiger partial charge in [0.15, 0.2) is 0 Å². The monoisotopic (exact) mass is 222 g/mol. The molecular weight excluding hydrogens is 204 g/mol. The fourth-order valence-corrected chi connectivity index (χ4v) is 1.56. The molecule has 16 heavy (non-hydrogen) atoms. The predicted octanol–water partition coefficient (Wildman–Crippen LogP) is 2.81. The standard InChI is InChI=1S/C13H18O3/c1-3-5-6-8-10-9-12(14)11(7-4-2)13(15)16-10/h4,9,14H,2-3,5-8H2,1H3. The van der Waals surface area contributed by atoms with Gasteiger partial charge >= 0.3 is 5.63 Å². The first-order valence-electron chi connectivity index (χ1n) is 5.64. The molecule has 0 unspecified atom stereocenters. The normalized spacial score (nSPS) is 10.3. The molecule has 0 fully saturated rings. The Bertz CT molecular complexity index is 404. The Morgan fingerprint density at radius 2 is 2.25 bits per heavy atom. The maximum Gasteiger partial charge on any atom is 0.343 e. The Kier molecular flexibility index (Phi) is 4.83. The fourth-order valence-electron chi connectivity index (χ4n) is 1.56. The van der Waals surface area contributed by atoms with Gasteiger partial charge in [-0.25, -0.2) is 4.79 Å². The van der Waals surface area contributed by atoms with E-state index in [1.807, 2.05) is 0 Å². The van der Waals surface area contributed by atoms with Crippen LogP contribution in [0.4, 0.5) is 0 Å². The maximum absolute atomic E-state index is 11.5. The van der Waals surface area contributed by atoms with E-state index in [1.54, 1.807) is 6.08 Å². The molecule has 1 N–H and O–H groups in total. The summed E-state index contributed by atoms with van der Waals surface area (Å²) in [6.45, 7) is 5.64. The molecule has 0 aliphatic heterocycles. The number of rotatable bonds is 6. The summed E-state index contributed by atoms with van der Waals surface area (Å²) in [7, 11) is 0. The molecule has 0 aliphatic carbocycles. The molecule has 0 aromatic carbocycles. The number of aryl methyl sites for hydroxylation is 1. The van der Waals surface area contributed by atoms with Gasteiger partial charge in [0.1, 0.15) is 11.5 Å². The van der Waals surface area contributed by atoms with Crippen LogP contribution in [0.5, 0.6) is 5.75 Å². The summed E-state index contributed by atoms with van der Waals surface area (Å²) >= 11 is 0. The molecular formula is C13H18O3. The van der Waals surface area contributed by atoms with E-state index in [-0.39, 0.29) is 11.3 Å². The molecule has 0 bridgehead atoms. The molecule has 0 atom stereocenters. The molecule has 3 nitrogen and oxygen atoms in total. The Morgan fingerprint density at radius 3 is 2.81 bits per heavy atom. The SMILES string of the molecule is C=CCc1c(O)cc(CCCCC)oc1=O. The first-order chi connectivity index (χ1) is 7.69. The quantitative estimate of drug-likeness (QED) is 0.594. The first-order valence-corrected chi connectivity index (χ1v) is 5.64.